The lowest BCUT2D eigenvalue weighted by Crippen LogP contribution is -2.37. The maximum absolute atomic E-state index is 12.6. The molecule has 2 aliphatic heterocycles. The van der Waals surface area contributed by atoms with Crippen molar-refractivity contribution in [2.45, 2.75) is 30.2 Å². The molecule has 3 nitrogen and oxygen atoms in total. The SMILES string of the molecule is O=C(c1cc(S)ccc1Cl)N1CCC(N2CCCC2)C1. The van der Waals surface area contributed by atoms with Crippen molar-refractivity contribution in [3.63, 3.8) is 0 Å². The fourth-order valence-corrected chi connectivity index (χ4v) is 3.58. The summed E-state index contributed by atoms with van der Waals surface area (Å²) in [5.41, 5.74) is 0.571. The molecule has 2 saturated heterocycles. The number of thiol groups is 1. The number of benzene rings is 1. The highest BCUT2D eigenvalue weighted by Crippen LogP contribution is 2.25. The molecule has 1 amide bonds. The van der Waals surface area contributed by atoms with Crippen molar-refractivity contribution in [3.8, 4) is 0 Å². The molecule has 1 unspecified atom stereocenters. The Kier molecular flexibility index (Phi) is 4.24. The quantitative estimate of drug-likeness (QED) is 0.849. The van der Waals surface area contributed by atoms with E-state index in [0.717, 1.165) is 24.4 Å². The number of amides is 1. The highest BCUT2D eigenvalue weighted by Gasteiger charge is 2.32. The summed E-state index contributed by atoms with van der Waals surface area (Å²) in [7, 11) is 0. The van der Waals surface area contributed by atoms with E-state index in [1.165, 1.54) is 25.9 Å². The molecule has 0 radical (unpaired) electrons. The van der Waals surface area contributed by atoms with Gasteiger partial charge in [0.1, 0.15) is 0 Å². The highest BCUT2D eigenvalue weighted by molar-refractivity contribution is 7.80. The number of hydrogen-bond donors (Lipinski definition) is 1. The van der Waals surface area contributed by atoms with Gasteiger partial charge in [-0.05, 0) is 50.6 Å². The molecule has 1 aromatic rings. The fourth-order valence-electron chi connectivity index (χ4n) is 3.18. The number of carbonyl (C=O) groups is 1. The van der Waals surface area contributed by atoms with Crippen molar-refractivity contribution >= 4 is 30.1 Å². The van der Waals surface area contributed by atoms with E-state index in [4.69, 9.17) is 11.6 Å². The van der Waals surface area contributed by atoms with Gasteiger partial charge >= 0.3 is 0 Å². The van der Waals surface area contributed by atoms with E-state index >= 15 is 0 Å². The van der Waals surface area contributed by atoms with E-state index in [0.29, 0.717) is 16.6 Å². The molecule has 108 valence electrons. The van der Waals surface area contributed by atoms with Crippen LogP contribution < -0.4 is 0 Å². The van der Waals surface area contributed by atoms with E-state index in [9.17, 15) is 4.79 Å². The van der Waals surface area contributed by atoms with Crippen LogP contribution in [0.3, 0.4) is 0 Å². The summed E-state index contributed by atoms with van der Waals surface area (Å²) in [4.78, 5) is 17.8. The van der Waals surface area contributed by atoms with Gasteiger partial charge in [-0.1, -0.05) is 11.6 Å². The minimum atomic E-state index is 0.0348. The predicted molar refractivity (Wildman–Crippen MR) is 83.8 cm³/mol. The van der Waals surface area contributed by atoms with Crippen molar-refractivity contribution in [2.24, 2.45) is 0 Å². The number of carbonyl (C=O) groups excluding carboxylic acids is 1. The first kappa shape index (κ1) is 14.2. The van der Waals surface area contributed by atoms with Crippen molar-refractivity contribution < 1.29 is 4.79 Å². The van der Waals surface area contributed by atoms with Gasteiger partial charge in [0.25, 0.3) is 5.91 Å². The second-order valence-corrected chi connectivity index (χ2v) is 6.52. The number of halogens is 1. The van der Waals surface area contributed by atoms with E-state index in [1.807, 2.05) is 4.90 Å². The molecular weight excluding hydrogens is 292 g/mol. The average molecular weight is 311 g/mol. The lowest BCUT2D eigenvalue weighted by Gasteiger charge is -2.23. The zero-order valence-corrected chi connectivity index (χ0v) is 13.0. The minimum absolute atomic E-state index is 0.0348. The summed E-state index contributed by atoms with van der Waals surface area (Å²) in [5.74, 6) is 0.0348. The number of nitrogens with zero attached hydrogens (tertiary/aromatic N) is 2. The largest absolute Gasteiger partial charge is 0.337 e. The van der Waals surface area contributed by atoms with Crippen LogP contribution in [0, 0.1) is 0 Å². The summed E-state index contributed by atoms with van der Waals surface area (Å²) in [6, 6.07) is 5.83. The zero-order valence-electron chi connectivity index (χ0n) is 11.4. The molecule has 2 heterocycles. The van der Waals surface area contributed by atoms with Crippen LogP contribution in [-0.2, 0) is 0 Å². The Balaban J connectivity index is 1.70. The Morgan fingerprint density at radius 2 is 2.00 bits per heavy atom. The van der Waals surface area contributed by atoms with Crippen LogP contribution in [0.15, 0.2) is 23.1 Å². The molecule has 20 heavy (non-hydrogen) atoms. The van der Waals surface area contributed by atoms with Gasteiger partial charge in [0, 0.05) is 24.0 Å². The molecule has 0 N–H and O–H groups in total. The lowest BCUT2D eigenvalue weighted by molar-refractivity contribution is 0.0780. The summed E-state index contributed by atoms with van der Waals surface area (Å²) < 4.78 is 0. The van der Waals surface area contributed by atoms with Crippen molar-refractivity contribution in [1.82, 2.24) is 9.80 Å². The molecule has 1 aromatic carbocycles. The molecule has 5 heteroatoms. The smallest absolute Gasteiger partial charge is 0.255 e. The second kappa shape index (κ2) is 5.96. The molecule has 0 aromatic heterocycles. The van der Waals surface area contributed by atoms with Crippen molar-refractivity contribution in [2.75, 3.05) is 26.2 Å². The molecular formula is C15H19ClN2OS. The monoisotopic (exact) mass is 310 g/mol. The van der Waals surface area contributed by atoms with Crippen LogP contribution in [0.25, 0.3) is 0 Å². The van der Waals surface area contributed by atoms with E-state index in [1.54, 1.807) is 18.2 Å². The fraction of sp³-hybridized carbons (Fsp3) is 0.533. The van der Waals surface area contributed by atoms with Crippen LogP contribution in [0.4, 0.5) is 0 Å². The second-order valence-electron chi connectivity index (χ2n) is 5.60. The summed E-state index contributed by atoms with van der Waals surface area (Å²) in [6.07, 6.45) is 3.65. The Hall–Kier alpha value is -0.710. The minimum Gasteiger partial charge on any atom is -0.337 e. The first-order valence-electron chi connectivity index (χ1n) is 7.17. The molecule has 0 aliphatic carbocycles. The Bertz CT molecular complexity index is 517. The molecule has 2 aliphatic rings. The molecule has 2 fully saturated rings. The molecule has 0 spiro atoms. The van der Waals surface area contributed by atoms with E-state index < -0.39 is 0 Å². The van der Waals surface area contributed by atoms with Crippen LogP contribution in [0.2, 0.25) is 5.02 Å². The van der Waals surface area contributed by atoms with Gasteiger partial charge in [-0.15, -0.1) is 12.6 Å². The summed E-state index contributed by atoms with van der Waals surface area (Å²) >= 11 is 10.4. The molecule has 1 atom stereocenters. The van der Waals surface area contributed by atoms with Crippen LogP contribution in [-0.4, -0.2) is 47.9 Å². The zero-order chi connectivity index (χ0) is 14.1. The first-order chi connectivity index (χ1) is 9.65. The average Bonchev–Trinajstić information content (AvgIpc) is 3.10. The standard InChI is InChI=1S/C15H19ClN2OS/c16-14-4-3-12(20)9-13(14)15(19)18-8-5-11(10-18)17-6-1-2-7-17/h3-4,9,11,20H,1-2,5-8,10H2. The third kappa shape index (κ3) is 2.83. The Morgan fingerprint density at radius 3 is 2.75 bits per heavy atom. The Morgan fingerprint density at radius 1 is 1.25 bits per heavy atom. The van der Waals surface area contributed by atoms with Gasteiger partial charge in [0.05, 0.1) is 10.6 Å². The third-order valence-electron chi connectivity index (χ3n) is 4.29. The van der Waals surface area contributed by atoms with Crippen molar-refractivity contribution in [3.05, 3.63) is 28.8 Å². The normalized spacial score (nSPS) is 23.5. The number of likely N-dealkylation sites (tertiary alicyclic amines) is 2. The van der Waals surface area contributed by atoms with Gasteiger partial charge in [0.15, 0.2) is 0 Å². The van der Waals surface area contributed by atoms with Gasteiger partial charge in [-0.3, -0.25) is 9.69 Å². The van der Waals surface area contributed by atoms with E-state index in [-0.39, 0.29) is 5.91 Å². The Labute approximate surface area is 130 Å². The molecule has 0 bridgehead atoms. The summed E-state index contributed by atoms with van der Waals surface area (Å²) in [5, 5.41) is 0.512. The van der Waals surface area contributed by atoms with Crippen molar-refractivity contribution in [1.29, 1.82) is 0 Å². The summed E-state index contributed by atoms with van der Waals surface area (Å²) in [6.45, 7) is 4.01. The van der Waals surface area contributed by atoms with Gasteiger partial charge in [-0.25, -0.2) is 0 Å². The van der Waals surface area contributed by atoms with Crippen LogP contribution in [0.1, 0.15) is 29.6 Å². The van der Waals surface area contributed by atoms with Crippen LogP contribution in [0.5, 0.6) is 0 Å². The molecule has 0 saturated carbocycles. The number of rotatable bonds is 2. The van der Waals surface area contributed by atoms with Crippen LogP contribution >= 0.6 is 24.2 Å². The molecule has 3 rings (SSSR count). The maximum Gasteiger partial charge on any atom is 0.255 e. The lowest BCUT2D eigenvalue weighted by atomic mass is 10.2. The number of hydrogen-bond acceptors (Lipinski definition) is 3. The third-order valence-corrected chi connectivity index (χ3v) is 4.90. The van der Waals surface area contributed by atoms with Gasteiger partial charge in [-0.2, -0.15) is 0 Å². The highest BCUT2D eigenvalue weighted by atomic mass is 35.5. The van der Waals surface area contributed by atoms with Gasteiger partial charge < -0.3 is 4.90 Å². The van der Waals surface area contributed by atoms with Gasteiger partial charge in [0.2, 0.25) is 0 Å². The first-order valence-corrected chi connectivity index (χ1v) is 7.99. The topological polar surface area (TPSA) is 23.6 Å². The van der Waals surface area contributed by atoms with E-state index in [2.05, 4.69) is 17.5 Å². The maximum atomic E-state index is 12.6. The predicted octanol–water partition coefficient (Wildman–Crippen LogP) is 2.94.